The van der Waals surface area contributed by atoms with E-state index in [-0.39, 0.29) is 12.6 Å². The van der Waals surface area contributed by atoms with Gasteiger partial charge in [-0.3, -0.25) is 0 Å². The summed E-state index contributed by atoms with van der Waals surface area (Å²) in [5, 5.41) is 25.1. The zero-order valence-electron chi connectivity index (χ0n) is 26.4. The van der Waals surface area contributed by atoms with Crippen molar-refractivity contribution >= 4 is 11.4 Å². The first kappa shape index (κ1) is 32.6. The van der Waals surface area contributed by atoms with E-state index < -0.39 is 0 Å². The van der Waals surface area contributed by atoms with Crippen LogP contribution in [0.4, 0.5) is 5.82 Å². The number of piperidine rings is 1. The van der Waals surface area contributed by atoms with Crippen molar-refractivity contribution in [3.05, 3.63) is 84.5 Å². The number of hydrogen-bond donors (Lipinski definition) is 4. The number of para-hydroxylation sites is 1. The molecule has 1 aliphatic heterocycles. The van der Waals surface area contributed by atoms with Crippen LogP contribution in [0.2, 0.25) is 0 Å². The summed E-state index contributed by atoms with van der Waals surface area (Å²) in [6.45, 7) is 12.6. The zero-order valence-corrected chi connectivity index (χ0v) is 26.4. The molecule has 0 bridgehead atoms. The molecule has 1 aliphatic carbocycles. The molecule has 4 rings (SSSR count). The summed E-state index contributed by atoms with van der Waals surface area (Å²) in [6, 6.07) is 9.93. The number of hydrogen-bond acceptors (Lipinski definition) is 7. The van der Waals surface area contributed by atoms with E-state index in [2.05, 4.69) is 71.8 Å². The Morgan fingerprint density at radius 1 is 1.16 bits per heavy atom. The van der Waals surface area contributed by atoms with Gasteiger partial charge in [-0.1, -0.05) is 69.2 Å². The molecule has 0 amide bonds. The van der Waals surface area contributed by atoms with Gasteiger partial charge in [0.25, 0.3) is 0 Å². The number of nitrogens with zero attached hydrogens (tertiary/aromatic N) is 3. The second-order valence-electron chi connectivity index (χ2n) is 11.7. The number of aliphatic hydroxyl groups is 1. The van der Waals surface area contributed by atoms with Gasteiger partial charge >= 0.3 is 0 Å². The maximum Gasteiger partial charge on any atom is 0.138 e. The Balaban J connectivity index is 1.53. The summed E-state index contributed by atoms with van der Waals surface area (Å²) >= 11 is 0. The molecule has 0 spiro atoms. The maximum atomic E-state index is 9.93. The fourth-order valence-corrected chi connectivity index (χ4v) is 5.89. The van der Waals surface area contributed by atoms with Gasteiger partial charge in [0.2, 0.25) is 0 Å². The van der Waals surface area contributed by atoms with Crippen molar-refractivity contribution in [2.24, 2.45) is 11.8 Å². The van der Waals surface area contributed by atoms with E-state index in [9.17, 15) is 5.11 Å². The number of allylic oxidation sites excluding steroid dienone is 5. The van der Waals surface area contributed by atoms with Crippen LogP contribution in [0.25, 0.3) is 11.3 Å². The van der Waals surface area contributed by atoms with Crippen molar-refractivity contribution in [1.29, 1.82) is 0 Å². The Hall–Kier alpha value is -3.33. The maximum absolute atomic E-state index is 9.93. The Morgan fingerprint density at radius 3 is 2.56 bits per heavy atom. The number of benzene rings is 1. The number of aromatic nitrogens is 2. The monoisotopic (exact) mass is 588 g/mol. The molecule has 2 aliphatic rings. The molecule has 4 N–H and O–H groups in total. The van der Waals surface area contributed by atoms with Crippen LogP contribution in [0.15, 0.2) is 73.2 Å². The second kappa shape index (κ2) is 17.1. The highest BCUT2D eigenvalue weighted by atomic mass is 16.5. The molecule has 2 fully saturated rings. The molecule has 234 valence electrons. The number of rotatable bonds is 17. The SMILES string of the molecule is C=C(Nc1c(C)c(C(/C=C\CC)=C/C=C/N2CCC(C3CCC3)CC2)nn1-c1ccccc1)N[C@@H](CO)CNCCOC. The standard InChI is InChI=1S/C35H52N6O2/c1-5-6-12-31(15-11-21-40-22-18-30(19-23-40)29-13-10-14-29)34-27(2)35(41(39-34)33-16-8-7-9-17-33)38-28(3)37-32(26-42)25-36-20-24-43-4/h6-9,11-12,15-17,21,29-30,32,36-38,42H,3,5,10,13-14,18-20,22-26H2,1-2,4H3/b12-6-,21-11+,31-15+/t32-/m1/s1. The number of nitrogens with one attached hydrogen (secondary N) is 3. The van der Waals surface area contributed by atoms with Crippen molar-refractivity contribution in [3.8, 4) is 5.69 Å². The predicted molar refractivity (Wildman–Crippen MR) is 178 cm³/mol. The van der Waals surface area contributed by atoms with Crippen LogP contribution in [-0.2, 0) is 4.74 Å². The van der Waals surface area contributed by atoms with E-state index in [1.165, 1.54) is 32.1 Å². The minimum Gasteiger partial charge on any atom is -0.394 e. The van der Waals surface area contributed by atoms with Crippen LogP contribution < -0.4 is 16.0 Å². The highest BCUT2D eigenvalue weighted by Crippen LogP contribution is 2.38. The Bertz CT molecular complexity index is 1220. The smallest absolute Gasteiger partial charge is 0.138 e. The van der Waals surface area contributed by atoms with Crippen molar-refractivity contribution < 1.29 is 9.84 Å². The third-order valence-electron chi connectivity index (χ3n) is 8.63. The number of aliphatic hydroxyl groups excluding tert-OH is 1. The Morgan fingerprint density at radius 2 is 1.91 bits per heavy atom. The molecule has 0 unspecified atom stereocenters. The molecule has 2 aromatic rings. The number of anilines is 1. The number of methoxy groups -OCH3 is 1. The van der Waals surface area contributed by atoms with Gasteiger partial charge in [0.05, 0.1) is 36.5 Å². The first-order valence-electron chi connectivity index (χ1n) is 16.0. The van der Waals surface area contributed by atoms with Gasteiger partial charge in [-0.25, -0.2) is 4.68 Å². The minimum absolute atomic E-state index is 0.0256. The number of likely N-dealkylation sites (tertiary alicyclic amines) is 1. The van der Waals surface area contributed by atoms with Crippen LogP contribution in [-0.4, -0.2) is 72.3 Å². The van der Waals surface area contributed by atoms with Crippen molar-refractivity contribution in [3.63, 3.8) is 0 Å². The van der Waals surface area contributed by atoms with Crippen LogP contribution in [0.1, 0.15) is 56.7 Å². The molecular weight excluding hydrogens is 536 g/mol. The highest BCUT2D eigenvalue weighted by Gasteiger charge is 2.29. The van der Waals surface area contributed by atoms with E-state index in [0.29, 0.717) is 25.5 Å². The molecule has 0 radical (unpaired) electrons. The molecule has 1 saturated carbocycles. The Kier molecular flexibility index (Phi) is 12.9. The van der Waals surface area contributed by atoms with E-state index >= 15 is 0 Å². The van der Waals surface area contributed by atoms with Crippen LogP contribution >= 0.6 is 0 Å². The quantitative estimate of drug-likeness (QED) is 0.141. The van der Waals surface area contributed by atoms with Gasteiger partial charge in [-0.2, -0.15) is 5.10 Å². The van der Waals surface area contributed by atoms with E-state index in [1.807, 2.05) is 35.0 Å². The molecule has 1 aromatic heterocycles. The van der Waals surface area contributed by atoms with Gasteiger partial charge in [0, 0.05) is 44.4 Å². The average Bonchev–Trinajstić information content (AvgIpc) is 3.32. The lowest BCUT2D eigenvalue weighted by molar-refractivity contribution is 0.131. The topological polar surface area (TPSA) is 86.6 Å². The van der Waals surface area contributed by atoms with Gasteiger partial charge in [0.1, 0.15) is 5.82 Å². The largest absolute Gasteiger partial charge is 0.394 e. The summed E-state index contributed by atoms with van der Waals surface area (Å²) in [4.78, 5) is 2.46. The van der Waals surface area contributed by atoms with Gasteiger partial charge in [-0.05, 0) is 62.4 Å². The summed E-state index contributed by atoms with van der Waals surface area (Å²) in [5.74, 6) is 3.34. The predicted octanol–water partition coefficient (Wildman–Crippen LogP) is 5.63. The molecule has 8 heteroatoms. The fourth-order valence-electron chi connectivity index (χ4n) is 5.89. The van der Waals surface area contributed by atoms with E-state index in [0.717, 1.165) is 59.7 Å². The first-order valence-corrected chi connectivity index (χ1v) is 16.0. The molecule has 8 nitrogen and oxygen atoms in total. The lowest BCUT2D eigenvalue weighted by Gasteiger charge is -2.39. The van der Waals surface area contributed by atoms with Gasteiger partial charge in [0.15, 0.2) is 0 Å². The lowest BCUT2D eigenvalue weighted by atomic mass is 9.72. The first-order chi connectivity index (χ1) is 21.0. The van der Waals surface area contributed by atoms with Crippen molar-refractivity contribution in [2.75, 3.05) is 51.8 Å². The average molecular weight is 589 g/mol. The molecular formula is C35H52N6O2. The third-order valence-corrected chi connectivity index (χ3v) is 8.63. The normalized spacial score (nSPS) is 17.5. The summed E-state index contributed by atoms with van der Waals surface area (Å²) in [6.07, 6.45) is 18.9. The fraction of sp³-hybridized carbons (Fsp3) is 0.514. The summed E-state index contributed by atoms with van der Waals surface area (Å²) in [5.41, 5.74) is 3.95. The molecule has 1 aromatic carbocycles. The van der Waals surface area contributed by atoms with Gasteiger partial charge in [-0.15, -0.1) is 0 Å². The van der Waals surface area contributed by atoms with E-state index in [4.69, 9.17) is 9.84 Å². The molecule has 1 atom stereocenters. The van der Waals surface area contributed by atoms with Crippen LogP contribution in [0, 0.1) is 18.8 Å². The van der Waals surface area contributed by atoms with Crippen molar-refractivity contribution in [1.82, 2.24) is 25.3 Å². The summed E-state index contributed by atoms with van der Waals surface area (Å²) in [7, 11) is 1.68. The lowest BCUT2D eigenvalue weighted by Crippen LogP contribution is -2.42. The van der Waals surface area contributed by atoms with Crippen LogP contribution in [0.5, 0.6) is 0 Å². The molecule has 43 heavy (non-hydrogen) atoms. The second-order valence-corrected chi connectivity index (χ2v) is 11.7. The molecule has 1 saturated heterocycles. The third kappa shape index (κ3) is 9.33. The van der Waals surface area contributed by atoms with E-state index in [1.54, 1.807) is 7.11 Å². The van der Waals surface area contributed by atoms with Gasteiger partial charge < -0.3 is 30.7 Å². The van der Waals surface area contributed by atoms with Crippen LogP contribution in [0.3, 0.4) is 0 Å². The van der Waals surface area contributed by atoms with Crippen molar-refractivity contribution in [2.45, 2.75) is 58.4 Å². The highest BCUT2D eigenvalue weighted by molar-refractivity contribution is 5.78. The number of ether oxygens (including phenoxy) is 1. The summed E-state index contributed by atoms with van der Waals surface area (Å²) < 4.78 is 7.04. The zero-order chi connectivity index (χ0) is 30.4. The molecule has 2 heterocycles. The minimum atomic E-state index is -0.198. The Labute approximate surface area is 258 Å².